The Balaban J connectivity index is 1.77. The molecule has 2 amide bonds. The molecule has 0 spiro atoms. The van der Waals surface area contributed by atoms with E-state index >= 15 is 0 Å². The van der Waals surface area contributed by atoms with Crippen molar-refractivity contribution in [2.24, 2.45) is 0 Å². The van der Waals surface area contributed by atoms with Crippen molar-refractivity contribution in [2.45, 2.75) is 64.6 Å². The van der Waals surface area contributed by atoms with Crippen LogP contribution in [-0.4, -0.2) is 50.0 Å². The number of hydrogen-bond donors (Lipinski definition) is 1. The van der Waals surface area contributed by atoms with Crippen molar-refractivity contribution in [1.29, 1.82) is 0 Å². The zero-order chi connectivity index (χ0) is 30.4. The van der Waals surface area contributed by atoms with E-state index in [0.717, 1.165) is 47.4 Å². The van der Waals surface area contributed by atoms with E-state index in [2.05, 4.69) is 5.32 Å². The number of nitrogens with zero attached hydrogens (tertiary/aromatic N) is 2. The highest BCUT2D eigenvalue weighted by Crippen LogP contribution is 2.27. The average molecular weight is 631 g/mol. The molecule has 7 nitrogen and oxygen atoms in total. The quantitative estimate of drug-likeness (QED) is 0.279. The van der Waals surface area contributed by atoms with Crippen molar-refractivity contribution in [3.63, 3.8) is 0 Å². The van der Waals surface area contributed by atoms with Crippen LogP contribution in [0, 0.1) is 13.8 Å². The highest BCUT2D eigenvalue weighted by molar-refractivity contribution is 7.92. The van der Waals surface area contributed by atoms with Gasteiger partial charge in [0.25, 0.3) is 0 Å². The highest BCUT2D eigenvalue weighted by atomic mass is 35.5. The van der Waals surface area contributed by atoms with Crippen LogP contribution in [0.1, 0.15) is 47.9 Å². The third-order valence-corrected chi connectivity index (χ3v) is 9.35. The number of benzene rings is 3. The standard InChI is InChI=1S/C32H37Cl2N3O4S/c1-22-13-14-23(2)29(17-22)37(42(3,40)41)21-31(38)36(20-25-15-16-26(33)19-28(25)34)30(18-24-9-5-4-6-10-24)32(39)35-27-11-7-8-12-27/h4-6,9-10,13-17,19,27,30H,7-8,11-12,18,20-21H2,1-3H3,(H,35,39)/t30-/m1/s1. The van der Waals surface area contributed by atoms with Gasteiger partial charge in [-0.2, -0.15) is 0 Å². The molecule has 42 heavy (non-hydrogen) atoms. The molecule has 0 aliphatic heterocycles. The number of halogens is 2. The number of sulfonamides is 1. The Morgan fingerprint density at radius 2 is 1.67 bits per heavy atom. The third kappa shape index (κ3) is 8.27. The molecule has 1 N–H and O–H groups in total. The summed E-state index contributed by atoms with van der Waals surface area (Å²) >= 11 is 12.7. The van der Waals surface area contributed by atoms with Gasteiger partial charge in [0, 0.05) is 29.1 Å². The van der Waals surface area contributed by atoms with Crippen LogP contribution in [0.15, 0.2) is 66.7 Å². The minimum atomic E-state index is -3.85. The van der Waals surface area contributed by atoms with Crippen molar-refractivity contribution in [3.8, 4) is 0 Å². The van der Waals surface area contributed by atoms with Gasteiger partial charge in [-0.05, 0) is 67.1 Å². The van der Waals surface area contributed by atoms with Crippen LogP contribution >= 0.6 is 23.2 Å². The molecule has 224 valence electrons. The van der Waals surface area contributed by atoms with E-state index in [-0.39, 0.29) is 24.9 Å². The number of amides is 2. The van der Waals surface area contributed by atoms with Crippen molar-refractivity contribution in [2.75, 3.05) is 17.1 Å². The minimum absolute atomic E-state index is 0.00513. The number of hydrogen-bond acceptors (Lipinski definition) is 4. The topological polar surface area (TPSA) is 86.8 Å². The van der Waals surface area contributed by atoms with Gasteiger partial charge in [0.15, 0.2) is 0 Å². The maximum absolute atomic E-state index is 14.3. The number of carbonyl (C=O) groups excluding carboxylic acids is 2. The van der Waals surface area contributed by atoms with Crippen LogP contribution in [0.25, 0.3) is 0 Å². The molecule has 0 radical (unpaired) electrons. The van der Waals surface area contributed by atoms with E-state index in [1.54, 1.807) is 31.2 Å². The van der Waals surface area contributed by atoms with Crippen molar-refractivity contribution in [1.82, 2.24) is 10.2 Å². The summed E-state index contributed by atoms with van der Waals surface area (Å²) in [4.78, 5) is 29.7. The number of nitrogens with one attached hydrogen (secondary N) is 1. The fourth-order valence-electron chi connectivity index (χ4n) is 5.34. The second kappa shape index (κ2) is 13.9. The van der Waals surface area contributed by atoms with Gasteiger partial charge >= 0.3 is 0 Å². The molecule has 3 aromatic rings. The zero-order valence-corrected chi connectivity index (χ0v) is 26.5. The Morgan fingerprint density at radius 3 is 2.31 bits per heavy atom. The van der Waals surface area contributed by atoms with Crippen LogP contribution in [0.5, 0.6) is 0 Å². The number of rotatable bonds is 11. The lowest BCUT2D eigenvalue weighted by atomic mass is 10.0. The van der Waals surface area contributed by atoms with Gasteiger partial charge in [-0.15, -0.1) is 0 Å². The Bertz CT molecular complexity index is 1530. The Hall–Kier alpha value is -3.07. The molecule has 0 saturated heterocycles. The molecule has 1 aliphatic carbocycles. The normalized spacial score (nSPS) is 14.4. The molecule has 0 heterocycles. The van der Waals surface area contributed by atoms with Crippen LogP contribution in [0.2, 0.25) is 10.0 Å². The van der Waals surface area contributed by atoms with Crippen LogP contribution < -0.4 is 9.62 Å². The summed E-state index contributed by atoms with van der Waals surface area (Å²) in [5, 5.41) is 3.95. The van der Waals surface area contributed by atoms with Crippen LogP contribution in [0.3, 0.4) is 0 Å². The molecule has 3 aromatic carbocycles. The van der Waals surface area contributed by atoms with Gasteiger partial charge in [-0.25, -0.2) is 8.42 Å². The Labute approximate surface area is 258 Å². The van der Waals surface area contributed by atoms with E-state index in [4.69, 9.17) is 23.2 Å². The van der Waals surface area contributed by atoms with Crippen molar-refractivity contribution >= 4 is 50.7 Å². The lowest BCUT2D eigenvalue weighted by molar-refractivity contribution is -0.140. The predicted octanol–water partition coefficient (Wildman–Crippen LogP) is 6.08. The summed E-state index contributed by atoms with van der Waals surface area (Å²) in [5.41, 5.74) is 3.47. The Morgan fingerprint density at radius 1 is 0.976 bits per heavy atom. The third-order valence-electron chi connectivity index (χ3n) is 7.64. The van der Waals surface area contributed by atoms with Gasteiger partial charge in [0.05, 0.1) is 11.9 Å². The first-order valence-electron chi connectivity index (χ1n) is 14.0. The van der Waals surface area contributed by atoms with Crippen molar-refractivity contribution in [3.05, 3.63) is 99.0 Å². The summed E-state index contributed by atoms with van der Waals surface area (Å²) in [5.74, 6) is -0.795. The summed E-state index contributed by atoms with van der Waals surface area (Å²) in [6.07, 6.45) is 5.17. The van der Waals surface area contributed by atoms with Crippen LogP contribution in [-0.2, 0) is 32.6 Å². The van der Waals surface area contributed by atoms with Crippen LogP contribution in [0.4, 0.5) is 5.69 Å². The Kier molecular flexibility index (Phi) is 10.6. The fraction of sp³-hybridized carbons (Fsp3) is 0.375. The number of carbonyl (C=O) groups is 2. The largest absolute Gasteiger partial charge is 0.352 e. The maximum Gasteiger partial charge on any atom is 0.244 e. The molecule has 10 heteroatoms. The van der Waals surface area contributed by atoms with Gasteiger partial charge in [-0.1, -0.05) is 84.6 Å². The molecular weight excluding hydrogens is 593 g/mol. The van der Waals surface area contributed by atoms with Crippen molar-refractivity contribution < 1.29 is 18.0 Å². The second-order valence-electron chi connectivity index (χ2n) is 11.0. The summed E-state index contributed by atoms with van der Waals surface area (Å²) in [6.45, 7) is 3.18. The first kappa shape index (κ1) is 31.9. The molecule has 0 bridgehead atoms. The maximum atomic E-state index is 14.3. The van der Waals surface area contributed by atoms with E-state index in [9.17, 15) is 18.0 Å². The SMILES string of the molecule is Cc1ccc(C)c(N(CC(=O)N(Cc2ccc(Cl)cc2Cl)[C@H](Cc2ccccc2)C(=O)NC2CCCC2)S(C)(=O)=O)c1. The van der Waals surface area contributed by atoms with Gasteiger partial charge in [0.1, 0.15) is 12.6 Å². The second-order valence-corrected chi connectivity index (χ2v) is 13.8. The average Bonchev–Trinajstić information content (AvgIpc) is 3.44. The molecule has 0 unspecified atom stereocenters. The van der Waals surface area contributed by atoms with E-state index < -0.39 is 28.5 Å². The fourth-order valence-corrected chi connectivity index (χ4v) is 6.70. The molecule has 1 fully saturated rings. The monoisotopic (exact) mass is 629 g/mol. The lowest BCUT2D eigenvalue weighted by Gasteiger charge is -2.34. The van der Waals surface area contributed by atoms with E-state index in [1.807, 2.05) is 49.4 Å². The van der Waals surface area contributed by atoms with Gasteiger partial charge in [0.2, 0.25) is 21.8 Å². The molecule has 0 aromatic heterocycles. The lowest BCUT2D eigenvalue weighted by Crippen LogP contribution is -2.54. The zero-order valence-electron chi connectivity index (χ0n) is 24.1. The minimum Gasteiger partial charge on any atom is -0.352 e. The van der Waals surface area contributed by atoms with E-state index in [0.29, 0.717) is 26.9 Å². The molecular formula is C32H37Cl2N3O4S. The first-order valence-corrected chi connectivity index (χ1v) is 16.7. The molecule has 1 aliphatic rings. The number of anilines is 1. The predicted molar refractivity (Wildman–Crippen MR) is 169 cm³/mol. The number of aryl methyl sites for hydroxylation is 2. The smallest absolute Gasteiger partial charge is 0.244 e. The highest BCUT2D eigenvalue weighted by Gasteiger charge is 2.34. The summed E-state index contributed by atoms with van der Waals surface area (Å²) < 4.78 is 27.3. The molecule has 1 atom stereocenters. The first-order chi connectivity index (χ1) is 19.9. The summed E-state index contributed by atoms with van der Waals surface area (Å²) in [6, 6.07) is 19.1. The van der Waals surface area contributed by atoms with Gasteiger partial charge < -0.3 is 10.2 Å². The molecule has 4 rings (SSSR count). The summed E-state index contributed by atoms with van der Waals surface area (Å²) in [7, 11) is -3.85. The van der Waals surface area contributed by atoms with Gasteiger partial charge in [-0.3, -0.25) is 13.9 Å². The van der Waals surface area contributed by atoms with E-state index in [1.165, 1.54) is 4.90 Å². The molecule has 1 saturated carbocycles.